The average molecular weight is 314 g/mol. The molecule has 1 heterocycles. The van der Waals surface area contributed by atoms with Crippen LogP contribution in [0.1, 0.15) is 27.3 Å². The summed E-state index contributed by atoms with van der Waals surface area (Å²) in [5, 5.41) is 14.6. The number of nitrogens with zero attached hydrogens (tertiary/aromatic N) is 2. The summed E-state index contributed by atoms with van der Waals surface area (Å²) < 4.78 is 0. The summed E-state index contributed by atoms with van der Waals surface area (Å²) in [6.45, 7) is 3.98. The fourth-order valence-electron chi connectivity index (χ4n) is 1.55. The SMILES string of the molecule is CCNC(=O)CN(C)C(=O)NCc1nc(C)c(C(=O)O)s1. The molecule has 116 valence electrons. The Hall–Kier alpha value is -2.16. The van der Waals surface area contributed by atoms with E-state index in [0.29, 0.717) is 17.2 Å². The first-order chi connectivity index (χ1) is 9.85. The van der Waals surface area contributed by atoms with Crippen molar-refractivity contribution in [1.82, 2.24) is 20.5 Å². The van der Waals surface area contributed by atoms with Crippen molar-refractivity contribution < 1.29 is 19.5 Å². The number of rotatable bonds is 6. The zero-order chi connectivity index (χ0) is 16.0. The molecule has 0 aliphatic carbocycles. The topological polar surface area (TPSA) is 112 Å². The highest BCUT2D eigenvalue weighted by Crippen LogP contribution is 2.17. The van der Waals surface area contributed by atoms with E-state index in [1.54, 1.807) is 13.8 Å². The first-order valence-electron chi connectivity index (χ1n) is 6.30. The second kappa shape index (κ2) is 7.58. The van der Waals surface area contributed by atoms with Gasteiger partial charge in [0.05, 0.1) is 12.2 Å². The van der Waals surface area contributed by atoms with Gasteiger partial charge >= 0.3 is 12.0 Å². The van der Waals surface area contributed by atoms with Gasteiger partial charge in [-0.25, -0.2) is 14.6 Å². The lowest BCUT2D eigenvalue weighted by Gasteiger charge is -2.16. The zero-order valence-corrected chi connectivity index (χ0v) is 12.9. The Bertz CT molecular complexity index is 543. The minimum Gasteiger partial charge on any atom is -0.477 e. The molecule has 3 amide bonds. The highest BCUT2D eigenvalue weighted by Gasteiger charge is 2.16. The second-order valence-electron chi connectivity index (χ2n) is 4.30. The van der Waals surface area contributed by atoms with Crippen molar-refractivity contribution >= 4 is 29.2 Å². The first kappa shape index (κ1) is 16.9. The van der Waals surface area contributed by atoms with E-state index in [9.17, 15) is 14.4 Å². The molecule has 9 heteroatoms. The number of aryl methyl sites for hydroxylation is 1. The molecule has 0 saturated carbocycles. The molecule has 21 heavy (non-hydrogen) atoms. The lowest BCUT2D eigenvalue weighted by atomic mass is 10.4. The zero-order valence-electron chi connectivity index (χ0n) is 12.1. The monoisotopic (exact) mass is 314 g/mol. The molecule has 0 aromatic carbocycles. The number of likely N-dealkylation sites (N-methyl/N-ethyl adjacent to an activating group) is 2. The van der Waals surface area contributed by atoms with Gasteiger partial charge in [-0.1, -0.05) is 0 Å². The van der Waals surface area contributed by atoms with Crippen LogP contribution in [0.25, 0.3) is 0 Å². The van der Waals surface area contributed by atoms with Crippen molar-refractivity contribution in [2.24, 2.45) is 0 Å². The minimum absolute atomic E-state index is 0.0447. The molecule has 3 N–H and O–H groups in total. The number of carbonyl (C=O) groups excluding carboxylic acids is 2. The Morgan fingerprint density at radius 1 is 1.33 bits per heavy atom. The maximum absolute atomic E-state index is 11.8. The summed E-state index contributed by atoms with van der Waals surface area (Å²) in [6.07, 6.45) is 0. The van der Waals surface area contributed by atoms with E-state index >= 15 is 0 Å². The van der Waals surface area contributed by atoms with Crippen LogP contribution in [0.2, 0.25) is 0 Å². The van der Waals surface area contributed by atoms with Crippen LogP contribution < -0.4 is 10.6 Å². The number of carboxylic acid groups (broad SMARTS) is 1. The van der Waals surface area contributed by atoms with E-state index in [-0.39, 0.29) is 23.9 Å². The number of urea groups is 1. The van der Waals surface area contributed by atoms with Gasteiger partial charge in [-0.15, -0.1) is 11.3 Å². The number of hydrogen-bond acceptors (Lipinski definition) is 5. The fourth-order valence-corrected chi connectivity index (χ4v) is 2.40. The van der Waals surface area contributed by atoms with Gasteiger partial charge in [-0.05, 0) is 13.8 Å². The summed E-state index contributed by atoms with van der Waals surface area (Å²) in [5.41, 5.74) is 0.424. The number of aromatic nitrogens is 1. The van der Waals surface area contributed by atoms with Crippen LogP contribution in [-0.2, 0) is 11.3 Å². The number of hydrogen-bond donors (Lipinski definition) is 3. The largest absolute Gasteiger partial charge is 0.477 e. The Kier molecular flexibility index (Phi) is 6.10. The molecule has 1 aromatic heterocycles. The molecule has 0 saturated heterocycles. The number of aromatic carboxylic acids is 1. The van der Waals surface area contributed by atoms with Gasteiger partial charge in [0.15, 0.2) is 0 Å². The van der Waals surface area contributed by atoms with Crippen LogP contribution in [0, 0.1) is 6.92 Å². The van der Waals surface area contributed by atoms with Gasteiger partial charge < -0.3 is 20.6 Å². The van der Waals surface area contributed by atoms with Crippen LogP contribution in [0.15, 0.2) is 0 Å². The second-order valence-corrected chi connectivity index (χ2v) is 5.38. The smallest absolute Gasteiger partial charge is 0.347 e. The predicted molar refractivity (Wildman–Crippen MR) is 77.4 cm³/mol. The molecule has 0 aliphatic rings. The molecule has 8 nitrogen and oxygen atoms in total. The number of thiazole rings is 1. The number of carbonyl (C=O) groups is 3. The Morgan fingerprint density at radius 2 is 2.00 bits per heavy atom. The normalized spacial score (nSPS) is 10.0. The Morgan fingerprint density at radius 3 is 2.52 bits per heavy atom. The molecule has 0 aliphatic heterocycles. The Labute approximate surface area is 126 Å². The third-order valence-electron chi connectivity index (χ3n) is 2.53. The van der Waals surface area contributed by atoms with Gasteiger partial charge in [0, 0.05) is 13.6 Å². The van der Waals surface area contributed by atoms with Crippen LogP contribution in [0.3, 0.4) is 0 Å². The van der Waals surface area contributed by atoms with Crippen molar-refractivity contribution in [3.8, 4) is 0 Å². The van der Waals surface area contributed by atoms with E-state index in [0.717, 1.165) is 11.3 Å². The minimum atomic E-state index is -1.03. The third-order valence-corrected chi connectivity index (χ3v) is 3.67. The van der Waals surface area contributed by atoms with Crippen molar-refractivity contribution in [2.45, 2.75) is 20.4 Å². The fraction of sp³-hybridized carbons (Fsp3) is 0.500. The molecule has 0 radical (unpaired) electrons. The van der Waals surface area contributed by atoms with Crippen molar-refractivity contribution in [1.29, 1.82) is 0 Å². The predicted octanol–water partition coefficient (Wildman–Crippen LogP) is 0.427. The van der Waals surface area contributed by atoms with Gasteiger partial charge in [-0.2, -0.15) is 0 Å². The first-order valence-corrected chi connectivity index (χ1v) is 7.12. The van der Waals surface area contributed by atoms with Gasteiger partial charge in [0.2, 0.25) is 5.91 Å². The van der Waals surface area contributed by atoms with E-state index in [1.165, 1.54) is 11.9 Å². The molecule has 0 bridgehead atoms. The van der Waals surface area contributed by atoms with E-state index in [2.05, 4.69) is 15.6 Å². The maximum atomic E-state index is 11.8. The average Bonchev–Trinajstić information content (AvgIpc) is 2.77. The quantitative estimate of drug-likeness (QED) is 0.705. The number of carboxylic acids is 1. The Balaban J connectivity index is 2.51. The summed E-state index contributed by atoms with van der Waals surface area (Å²) in [4.78, 5) is 39.5. The summed E-state index contributed by atoms with van der Waals surface area (Å²) >= 11 is 1.02. The number of amides is 3. The highest BCUT2D eigenvalue weighted by molar-refractivity contribution is 7.13. The summed E-state index contributed by atoms with van der Waals surface area (Å²) in [5.74, 6) is -1.27. The van der Waals surface area contributed by atoms with Crippen molar-refractivity contribution in [2.75, 3.05) is 20.1 Å². The van der Waals surface area contributed by atoms with Crippen molar-refractivity contribution in [3.63, 3.8) is 0 Å². The highest BCUT2D eigenvalue weighted by atomic mass is 32.1. The molecule has 0 fully saturated rings. The third kappa shape index (κ3) is 5.03. The van der Waals surface area contributed by atoms with Crippen LogP contribution >= 0.6 is 11.3 Å². The van der Waals surface area contributed by atoms with Crippen LogP contribution in [0.4, 0.5) is 4.79 Å². The number of nitrogens with one attached hydrogen (secondary N) is 2. The van der Waals surface area contributed by atoms with Gasteiger partial charge in [0.25, 0.3) is 0 Å². The lowest BCUT2D eigenvalue weighted by molar-refractivity contribution is -0.121. The van der Waals surface area contributed by atoms with E-state index < -0.39 is 12.0 Å². The molecular formula is C12H18N4O4S. The molecular weight excluding hydrogens is 296 g/mol. The maximum Gasteiger partial charge on any atom is 0.347 e. The summed E-state index contributed by atoms with van der Waals surface area (Å²) in [6, 6.07) is -0.425. The molecule has 1 aromatic rings. The van der Waals surface area contributed by atoms with E-state index in [1.807, 2.05) is 0 Å². The van der Waals surface area contributed by atoms with Crippen molar-refractivity contribution in [3.05, 3.63) is 15.6 Å². The molecule has 0 atom stereocenters. The standard InChI is InChI=1S/C12H18N4O4S/c1-4-13-8(17)6-16(3)12(20)14-5-9-15-7(2)10(21-9)11(18)19/h4-6H2,1-3H3,(H,13,17)(H,14,20)(H,18,19). The summed E-state index contributed by atoms with van der Waals surface area (Å²) in [7, 11) is 1.50. The van der Waals surface area contributed by atoms with Crippen LogP contribution in [0.5, 0.6) is 0 Å². The van der Waals surface area contributed by atoms with Crippen LogP contribution in [-0.4, -0.2) is 53.0 Å². The molecule has 0 unspecified atom stereocenters. The molecule has 0 spiro atoms. The van der Waals surface area contributed by atoms with E-state index in [4.69, 9.17) is 5.11 Å². The molecule has 1 rings (SSSR count). The lowest BCUT2D eigenvalue weighted by Crippen LogP contribution is -2.43. The van der Waals surface area contributed by atoms with Gasteiger partial charge in [-0.3, -0.25) is 4.79 Å². The van der Waals surface area contributed by atoms with Gasteiger partial charge in [0.1, 0.15) is 16.4 Å².